The summed E-state index contributed by atoms with van der Waals surface area (Å²) < 4.78 is 12.5. The summed E-state index contributed by atoms with van der Waals surface area (Å²) in [5.41, 5.74) is 3.79. The number of nitrogens with one attached hydrogen (secondary N) is 1. The Bertz CT molecular complexity index is 734. The van der Waals surface area contributed by atoms with Gasteiger partial charge in [0.1, 0.15) is 18.1 Å². The van der Waals surface area contributed by atoms with Crippen LogP contribution in [-0.2, 0) is 6.42 Å². The second-order valence-electron chi connectivity index (χ2n) is 6.54. The maximum absolute atomic E-state index is 5.89. The van der Waals surface area contributed by atoms with E-state index in [-0.39, 0.29) is 6.04 Å². The van der Waals surface area contributed by atoms with E-state index >= 15 is 0 Å². The number of likely N-dealkylation sites (N-methyl/N-ethyl adjacent to an activating group) is 1. The molecule has 4 nitrogen and oxygen atoms in total. The third-order valence-corrected chi connectivity index (χ3v) is 4.97. The molecule has 0 bridgehead atoms. The zero-order valence-electron chi connectivity index (χ0n) is 15.0. The highest BCUT2D eigenvalue weighted by Gasteiger charge is 2.24. The van der Waals surface area contributed by atoms with E-state index in [1.807, 2.05) is 12.1 Å². The molecule has 0 spiro atoms. The van der Waals surface area contributed by atoms with E-state index in [0.717, 1.165) is 41.0 Å². The molecular weight excluding hydrogens is 380 g/mol. The summed E-state index contributed by atoms with van der Waals surface area (Å²) in [7, 11) is 5.83. The monoisotopic (exact) mass is 404 g/mol. The molecule has 1 aliphatic heterocycles. The minimum Gasteiger partial charge on any atom is -0.496 e. The third-order valence-electron chi connectivity index (χ3n) is 4.48. The van der Waals surface area contributed by atoms with Crippen molar-refractivity contribution in [1.82, 2.24) is 10.2 Å². The second-order valence-corrected chi connectivity index (χ2v) is 7.45. The summed E-state index contributed by atoms with van der Waals surface area (Å²) >= 11 is 3.58. The van der Waals surface area contributed by atoms with Crippen molar-refractivity contribution >= 4 is 15.9 Å². The largest absolute Gasteiger partial charge is 0.496 e. The van der Waals surface area contributed by atoms with Crippen LogP contribution in [0.4, 0.5) is 0 Å². The molecule has 25 heavy (non-hydrogen) atoms. The third kappa shape index (κ3) is 4.35. The molecule has 0 amide bonds. The number of fused-ring (bicyclic) bond motifs is 1. The van der Waals surface area contributed by atoms with Gasteiger partial charge in [-0.05, 0) is 62.0 Å². The number of methoxy groups -OCH3 is 1. The molecule has 1 heterocycles. The van der Waals surface area contributed by atoms with Crippen LogP contribution in [0.2, 0.25) is 0 Å². The first-order valence-corrected chi connectivity index (χ1v) is 9.35. The molecule has 1 N–H and O–H groups in total. The molecule has 0 fully saturated rings. The number of hydrogen-bond acceptors (Lipinski definition) is 4. The summed E-state index contributed by atoms with van der Waals surface area (Å²) in [5, 5.41) is 3.62. The van der Waals surface area contributed by atoms with Crippen LogP contribution in [0.1, 0.15) is 22.7 Å². The molecule has 2 aromatic rings. The molecule has 0 aliphatic carbocycles. The van der Waals surface area contributed by atoms with E-state index in [2.05, 4.69) is 64.5 Å². The zero-order chi connectivity index (χ0) is 17.8. The molecule has 1 atom stereocenters. The van der Waals surface area contributed by atoms with Gasteiger partial charge in [-0.1, -0.05) is 22.0 Å². The Labute approximate surface area is 158 Å². The number of ether oxygens (including phenoxy) is 2. The van der Waals surface area contributed by atoms with Gasteiger partial charge in [-0.2, -0.15) is 0 Å². The lowest BCUT2D eigenvalue weighted by atomic mass is 9.89. The first-order valence-electron chi connectivity index (χ1n) is 8.55. The normalized spacial score (nSPS) is 16.6. The quantitative estimate of drug-likeness (QED) is 0.796. The first-order chi connectivity index (χ1) is 12.1. The minimum atomic E-state index is 0.132. The summed E-state index contributed by atoms with van der Waals surface area (Å²) in [5.74, 6) is 1.85. The van der Waals surface area contributed by atoms with Crippen LogP contribution in [-0.4, -0.2) is 45.8 Å². The van der Waals surface area contributed by atoms with Gasteiger partial charge in [-0.25, -0.2) is 0 Å². The Morgan fingerprint density at radius 3 is 2.76 bits per heavy atom. The van der Waals surface area contributed by atoms with Gasteiger partial charge in [-0.15, -0.1) is 0 Å². The number of hydrogen-bond donors (Lipinski definition) is 1. The summed E-state index contributed by atoms with van der Waals surface area (Å²) in [6.45, 7) is 2.55. The van der Waals surface area contributed by atoms with Gasteiger partial charge in [0.2, 0.25) is 0 Å². The fourth-order valence-electron chi connectivity index (χ4n) is 3.19. The lowest BCUT2D eigenvalue weighted by Crippen LogP contribution is -2.31. The number of nitrogens with zero attached hydrogens (tertiary/aromatic N) is 1. The Morgan fingerprint density at radius 1 is 1.16 bits per heavy atom. The molecule has 134 valence electrons. The molecule has 0 saturated heterocycles. The van der Waals surface area contributed by atoms with Gasteiger partial charge < -0.3 is 19.7 Å². The van der Waals surface area contributed by atoms with Crippen LogP contribution in [0, 0.1) is 0 Å². The summed E-state index contributed by atoms with van der Waals surface area (Å²) in [4.78, 5) is 2.12. The Morgan fingerprint density at radius 2 is 2.00 bits per heavy atom. The Balaban J connectivity index is 1.86. The van der Waals surface area contributed by atoms with Crippen LogP contribution in [0.3, 0.4) is 0 Å². The van der Waals surface area contributed by atoms with Crippen LogP contribution < -0.4 is 14.8 Å². The van der Waals surface area contributed by atoms with Gasteiger partial charge in [0, 0.05) is 23.1 Å². The van der Waals surface area contributed by atoms with Crippen LogP contribution in [0.15, 0.2) is 40.9 Å². The Kier molecular flexibility index (Phi) is 5.99. The van der Waals surface area contributed by atoms with Crippen molar-refractivity contribution in [2.75, 3.05) is 40.9 Å². The zero-order valence-corrected chi connectivity index (χ0v) is 16.6. The van der Waals surface area contributed by atoms with Crippen molar-refractivity contribution in [3.05, 3.63) is 57.6 Å². The fourth-order valence-corrected chi connectivity index (χ4v) is 3.56. The lowest BCUT2D eigenvalue weighted by Gasteiger charge is -2.29. The van der Waals surface area contributed by atoms with Crippen molar-refractivity contribution < 1.29 is 9.47 Å². The standard InChI is InChI=1S/C20H25BrN2O2/c1-23(2)10-11-25-16-5-6-17-14(12-16)8-9-22-20(17)18-13-15(21)4-7-19(18)24-3/h4-7,12-13,20,22H,8-11H2,1-3H3. The predicted molar refractivity (Wildman–Crippen MR) is 105 cm³/mol. The van der Waals surface area contributed by atoms with Gasteiger partial charge >= 0.3 is 0 Å². The van der Waals surface area contributed by atoms with E-state index in [1.54, 1.807) is 7.11 Å². The second kappa shape index (κ2) is 8.21. The van der Waals surface area contributed by atoms with Gasteiger partial charge in [0.15, 0.2) is 0 Å². The van der Waals surface area contributed by atoms with E-state index in [0.29, 0.717) is 6.61 Å². The van der Waals surface area contributed by atoms with Crippen molar-refractivity contribution in [2.24, 2.45) is 0 Å². The lowest BCUT2D eigenvalue weighted by molar-refractivity contribution is 0.261. The van der Waals surface area contributed by atoms with Crippen molar-refractivity contribution in [1.29, 1.82) is 0 Å². The SMILES string of the molecule is COc1ccc(Br)cc1C1NCCc2cc(OCCN(C)C)ccc21. The van der Waals surface area contributed by atoms with E-state index in [1.165, 1.54) is 11.1 Å². The maximum Gasteiger partial charge on any atom is 0.124 e. The molecule has 1 unspecified atom stereocenters. The van der Waals surface area contributed by atoms with Crippen LogP contribution in [0.5, 0.6) is 11.5 Å². The van der Waals surface area contributed by atoms with Gasteiger partial charge in [-0.3, -0.25) is 0 Å². The molecule has 0 aromatic heterocycles. The average Bonchev–Trinajstić information content (AvgIpc) is 2.60. The van der Waals surface area contributed by atoms with Gasteiger partial charge in [0.25, 0.3) is 0 Å². The van der Waals surface area contributed by atoms with E-state index in [9.17, 15) is 0 Å². The first kappa shape index (κ1) is 18.2. The number of rotatable bonds is 6. The van der Waals surface area contributed by atoms with Crippen LogP contribution >= 0.6 is 15.9 Å². The molecule has 0 radical (unpaired) electrons. The Hall–Kier alpha value is -1.56. The van der Waals surface area contributed by atoms with Crippen molar-refractivity contribution in [3.63, 3.8) is 0 Å². The highest BCUT2D eigenvalue weighted by atomic mass is 79.9. The highest BCUT2D eigenvalue weighted by Crippen LogP contribution is 2.36. The maximum atomic E-state index is 5.89. The van der Waals surface area contributed by atoms with Crippen molar-refractivity contribution in [2.45, 2.75) is 12.5 Å². The molecule has 0 saturated carbocycles. The van der Waals surface area contributed by atoms with Crippen molar-refractivity contribution in [3.8, 4) is 11.5 Å². The topological polar surface area (TPSA) is 33.7 Å². The predicted octanol–water partition coefficient (Wildman–Crippen LogP) is 3.63. The molecule has 1 aliphatic rings. The smallest absolute Gasteiger partial charge is 0.124 e. The molecule has 5 heteroatoms. The number of benzene rings is 2. The van der Waals surface area contributed by atoms with Crippen LogP contribution in [0.25, 0.3) is 0 Å². The average molecular weight is 405 g/mol. The minimum absolute atomic E-state index is 0.132. The fraction of sp³-hybridized carbons (Fsp3) is 0.400. The van der Waals surface area contributed by atoms with E-state index in [4.69, 9.17) is 9.47 Å². The summed E-state index contributed by atoms with van der Waals surface area (Å²) in [6, 6.07) is 12.7. The number of halogens is 1. The summed E-state index contributed by atoms with van der Waals surface area (Å²) in [6.07, 6.45) is 1.01. The van der Waals surface area contributed by atoms with Gasteiger partial charge in [0.05, 0.1) is 13.2 Å². The van der Waals surface area contributed by atoms with E-state index < -0.39 is 0 Å². The molecule has 2 aromatic carbocycles. The highest BCUT2D eigenvalue weighted by molar-refractivity contribution is 9.10. The molecular formula is C20H25BrN2O2. The molecule has 3 rings (SSSR count).